The normalized spacial score (nSPS) is 12.6. The van der Waals surface area contributed by atoms with Gasteiger partial charge in [0.2, 0.25) is 0 Å². The first-order valence-electron chi connectivity index (χ1n) is 5.19. The van der Waals surface area contributed by atoms with Crippen LogP contribution in [0.2, 0.25) is 0 Å². The molecule has 1 atom stereocenters. The molecule has 0 bridgehead atoms. The molecular weight excluding hydrogens is 270 g/mol. The molecule has 0 heterocycles. The molecule has 0 aliphatic rings. The molecule has 1 aromatic rings. The van der Waals surface area contributed by atoms with Crippen molar-refractivity contribution in [1.82, 2.24) is 0 Å². The summed E-state index contributed by atoms with van der Waals surface area (Å²) in [5.74, 6) is -0.349. The van der Waals surface area contributed by atoms with Crippen LogP contribution >= 0.6 is 15.9 Å². The summed E-state index contributed by atoms with van der Waals surface area (Å²) in [5, 5.41) is 0. The molecule has 0 saturated heterocycles. The van der Waals surface area contributed by atoms with E-state index in [9.17, 15) is 4.79 Å². The zero-order chi connectivity index (χ0) is 12.1. The highest BCUT2D eigenvalue weighted by Gasteiger charge is 2.16. The molecule has 0 radical (unpaired) electrons. The number of benzene rings is 1. The first-order valence-corrected chi connectivity index (χ1v) is 5.99. The predicted octanol–water partition coefficient (Wildman–Crippen LogP) is 2.27. The Bertz CT molecular complexity index is 349. The van der Waals surface area contributed by atoms with Crippen molar-refractivity contribution in [3.05, 3.63) is 34.3 Å². The minimum atomic E-state index is -0.594. The number of rotatable bonds is 4. The third-order valence-electron chi connectivity index (χ3n) is 2.02. The van der Waals surface area contributed by atoms with Gasteiger partial charge in [-0.2, -0.15) is 0 Å². The monoisotopic (exact) mass is 285 g/mol. The maximum atomic E-state index is 11.5. The van der Waals surface area contributed by atoms with Crippen LogP contribution in [0.4, 0.5) is 0 Å². The largest absolute Gasteiger partial charge is 0.462 e. The molecule has 0 aromatic heterocycles. The summed E-state index contributed by atoms with van der Waals surface area (Å²) < 4.78 is 6.04. The minimum absolute atomic E-state index is 0.122. The van der Waals surface area contributed by atoms with Crippen LogP contribution in [-0.4, -0.2) is 18.1 Å². The molecule has 0 spiro atoms. The standard InChI is InChI=1S/C12H16BrNO2/c1-8(2)16-12(15)11(14)7-9-3-5-10(13)6-4-9/h3-6,8,11H,7,14H2,1-2H3. The van der Waals surface area contributed by atoms with Crippen molar-refractivity contribution in [1.29, 1.82) is 0 Å². The van der Waals surface area contributed by atoms with Gasteiger partial charge in [-0.15, -0.1) is 0 Å². The average molecular weight is 286 g/mol. The van der Waals surface area contributed by atoms with Crippen molar-refractivity contribution in [3.63, 3.8) is 0 Å². The summed E-state index contributed by atoms with van der Waals surface area (Å²) in [6.07, 6.45) is 0.377. The van der Waals surface area contributed by atoms with Crippen molar-refractivity contribution in [2.24, 2.45) is 5.73 Å². The number of carbonyl (C=O) groups excluding carboxylic acids is 1. The number of hydrogen-bond donors (Lipinski definition) is 1. The second kappa shape index (κ2) is 6.01. The highest BCUT2D eigenvalue weighted by Crippen LogP contribution is 2.12. The zero-order valence-electron chi connectivity index (χ0n) is 9.44. The van der Waals surface area contributed by atoms with Crippen molar-refractivity contribution in [2.75, 3.05) is 0 Å². The fourth-order valence-electron chi connectivity index (χ4n) is 1.28. The topological polar surface area (TPSA) is 52.3 Å². The second-order valence-electron chi connectivity index (χ2n) is 3.92. The lowest BCUT2D eigenvalue weighted by molar-refractivity contribution is -0.148. The Balaban J connectivity index is 2.53. The van der Waals surface area contributed by atoms with Gasteiger partial charge in [0.25, 0.3) is 0 Å². The molecule has 0 aliphatic carbocycles. The van der Waals surface area contributed by atoms with Gasteiger partial charge < -0.3 is 10.5 Å². The van der Waals surface area contributed by atoms with Crippen LogP contribution in [0, 0.1) is 0 Å². The van der Waals surface area contributed by atoms with E-state index < -0.39 is 6.04 Å². The number of halogens is 1. The van der Waals surface area contributed by atoms with Crippen LogP contribution in [0.5, 0.6) is 0 Å². The van der Waals surface area contributed by atoms with Crippen LogP contribution in [0.15, 0.2) is 28.7 Å². The third-order valence-corrected chi connectivity index (χ3v) is 2.55. The fourth-order valence-corrected chi connectivity index (χ4v) is 1.54. The predicted molar refractivity (Wildman–Crippen MR) is 67.0 cm³/mol. The Morgan fingerprint density at radius 3 is 2.44 bits per heavy atom. The Morgan fingerprint density at radius 1 is 1.38 bits per heavy atom. The molecule has 2 N–H and O–H groups in total. The number of nitrogens with two attached hydrogens (primary N) is 1. The van der Waals surface area contributed by atoms with E-state index in [2.05, 4.69) is 15.9 Å². The molecule has 4 heteroatoms. The Morgan fingerprint density at radius 2 is 1.94 bits per heavy atom. The van der Waals surface area contributed by atoms with Crippen molar-refractivity contribution < 1.29 is 9.53 Å². The van der Waals surface area contributed by atoms with Crippen molar-refractivity contribution >= 4 is 21.9 Å². The van der Waals surface area contributed by atoms with E-state index in [1.54, 1.807) is 0 Å². The Labute approximate surface area is 104 Å². The number of carbonyl (C=O) groups is 1. The molecule has 88 valence electrons. The van der Waals surface area contributed by atoms with E-state index >= 15 is 0 Å². The molecule has 0 aliphatic heterocycles. The Kier molecular flexibility index (Phi) is 4.96. The SMILES string of the molecule is CC(C)OC(=O)C(N)Cc1ccc(Br)cc1. The average Bonchev–Trinajstić information content (AvgIpc) is 2.20. The van der Waals surface area contributed by atoms with Crippen LogP contribution in [0.1, 0.15) is 19.4 Å². The number of esters is 1. The molecule has 16 heavy (non-hydrogen) atoms. The van der Waals surface area contributed by atoms with Crippen LogP contribution in [-0.2, 0) is 16.0 Å². The van der Waals surface area contributed by atoms with Gasteiger partial charge in [0.05, 0.1) is 6.10 Å². The zero-order valence-corrected chi connectivity index (χ0v) is 11.0. The van der Waals surface area contributed by atoms with E-state index in [1.165, 1.54) is 0 Å². The summed E-state index contributed by atoms with van der Waals surface area (Å²) in [6.45, 7) is 3.62. The smallest absolute Gasteiger partial charge is 0.323 e. The van der Waals surface area contributed by atoms with E-state index in [0.29, 0.717) is 6.42 Å². The molecule has 1 rings (SSSR count). The van der Waals surface area contributed by atoms with Crippen LogP contribution in [0.3, 0.4) is 0 Å². The van der Waals surface area contributed by atoms with E-state index in [-0.39, 0.29) is 12.1 Å². The number of ether oxygens (including phenoxy) is 1. The van der Waals surface area contributed by atoms with Gasteiger partial charge in [0.15, 0.2) is 0 Å². The summed E-state index contributed by atoms with van der Waals surface area (Å²) in [4.78, 5) is 11.5. The van der Waals surface area contributed by atoms with Gasteiger partial charge in [0, 0.05) is 4.47 Å². The molecule has 1 unspecified atom stereocenters. The second-order valence-corrected chi connectivity index (χ2v) is 4.84. The van der Waals surface area contributed by atoms with E-state index in [4.69, 9.17) is 10.5 Å². The minimum Gasteiger partial charge on any atom is -0.462 e. The van der Waals surface area contributed by atoms with Gasteiger partial charge in [-0.3, -0.25) is 4.79 Å². The lowest BCUT2D eigenvalue weighted by atomic mass is 10.1. The fraction of sp³-hybridized carbons (Fsp3) is 0.417. The molecule has 0 saturated carbocycles. The first-order chi connectivity index (χ1) is 7.49. The maximum absolute atomic E-state index is 11.5. The lowest BCUT2D eigenvalue weighted by Gasteiger charge is -2.13. The maximum Gasteiger partial charge on any atom is 0.323 e. The summed E-state index contributed by atoms with van der Waals surface area (Å²) >= 11 is 3.35. The molecule has 0 fully saturated rings. The van der Waals surface area contributed by atoms with Crippen molar-refractivity contribution in [2.45, 2.75) is 32.4 Å². The van der Waals surface area contributed by atoms with Crippen LogP contribution in [0.25, 0.3) is 0 Å². The van der Waals surface area contributed by atoms with Gasteiger partial charge >= 0.3 is 5.97 Å². The highest BCUT2D eigenvalue weighted by molar-refractivity contribution is 9.10. The van der Waals surface area contributed by atoms with Gasteiger partial charge in [-0.05, 0) is 38.0 Å². The first kappa shape index (κ1) is 13.2. The van der Waals surface area contributed by atoms with Gasteiger partial charge in [-0.1, -0.05) is 28.1 Å². The van der Waals surface area contributed by atoms with Crippen molar-refractivity contribution in [3.8, 4) is 0 Å². The van der Waals surface area contributed by atoms with E-state index in [0.717, 1.165) is 10.0 Å². The highest BCUT2D eigenvalue weighted by atomic mass is 79.9. The quantitative estimate of drug-likeness (QED) is 0.864. The molecule has 0 amide bonds. The molecular formula is C12H16BrNO2. The molecule has 3 nitrogen and oxygen atoms in total. The third kappa shape index (κ3) is 4.33. The molecule has 1 aromatic carbocycles. The Hall–Kier alpha value is -0.870. The van der Waals surface area contributed by atoms with Crippen LogP contribution < -0.4 is 5.73 Å². The van der Waals surface area contributed by atoms with Gasteiger partial charge in [-0.25, -0.2) is 0 Å². The summed E-state index contributed by atoms with van der Waals surface area (Å²) in [7, 11) is 0. The number of hydrogen-bond acceptors (Lipinski definition) is 3. The summed E-state index contributed by atoms with van der Waals surface area (Å²) in [5.41, 5.74) is 6.77. The summed E-state index contributed by atoms with van der Waals surface area (Å²) in [6, 6.07) is 7.13. The lowest BCUT2D eigenvalue weighted by Crippen LogP contribution is -2.35. The van der Waals surface area contributed by atoms with E-state index in [1.807, 2.05) is 38.1 Å². The van der Waals surface area contributed by atoms with Gasteiger partial charge in [0.1, 0.15) is 6.04 Å².